The van der Waals surface area contributed by atoms with Gasteiger partial charge in [0.1, 0.15) is 11.5 Å². The van der Waals surface area contributed by atoms with Gasteiger partial charge in [0.25, 0.3) is 0 Å². The normalized spacial score (nSPS) is 10.5. The van der Waals surface area contributed by atoms with Crippen LogP contribution in [0.15, 0.2) is 42.5 Å². The summed E-state index contributed by atoms with van der Waals surface area (Å²) >= 11 is 9.45. The molecule has 0 fully saturated rings. The van der Waals surface area contributed by atoms with Crippen molar-refractivity contribution in [2.24, 2.45) is 0 Å². The Morgan fingerprint density at radius 2 is 2.00 bits per heavy atom. The Morgan fingerprint density at radius 3 is 2.74 bits per heavy atom. The molecule has 0 aliphatic heterocycles. The zero-order valence-corrected chi connectivity index (χ0v) is 12.9. The second kappa shape index (κ2) is 6.94. The third-order valence-electron chi connectivity index (χ3n) is 2.61. The lowest BCUT2D eigenvalue weighted by molar-refractivity contribution is 0.184. The molecule has 19 heavy (non-hydrogen) atoms. The van der Waals surface area contributed by atoms with E-state index in [4.69, 9.17) is 21.1 Å². The smallest absolute Gasteiger partial charge is 0.132 e. The van der Waals surface area contributed by atoms with Crippen molar-refractivity contribution in [1.29, 1.82) is 0 Å². The highest BCUT2D eigenvalue weighted by atomic mass is 79.9. The molecule has 2 nitrogen and oxygen atoms in total. The molecule has 0 amide bonds. The number of hydrogen-bond donors (Lipinski definition) is 0. The zero-order chi connectivity index (χ0) is 13.7. The Balaban J connectivity index is 2.25. The molecule has 0 unspecified atom stereocenters. The third-order valence-corrected chi connectivity index (χ3v) is 3.45. The second-order valence-electron chi connectivity index (χ2n) is 4.07. The fourth-order valence-corrected chi connectivity index (χ4v) is 2.35. The van der Waals surface area contributed by atoms with E-state index in [0.717, 1.165) is 28.0 Å². The van der Waals surface area contributed by atoms with Gasteiger partial charge < -0.3 is 9.47 Å². The van der Waals surface area contributed by atoms with Gasteiger partial charge in [0.2, 0.25) is 0 Å². The van der Waals surface area contributed by atoms with Crippen molar-refractivity contribution >= 4 is 27.5 Å². The molecule has 2 aromatic rings. The molecule has 100 valence electrons. The van der Waals surface area contributed by atoms with Gasteiger partial charge in [-0.15, -0.1) is 0 Å². The van der Waals surface area contributed by atoms with Crippen LogP contribution in [0.25, 0.3) is 0 Å². The van der Waals surface area contributed by atoms with E-state index in [9.17, 15) is 0 Å². The van der Waals surface area contributed by atoms with Crippen LogP contribution < -0.4 is 4.74 Å². The van der Waals surface area contributed by atoms with Crippen molar-refractivity contribution in [2.45, 2.75) is 11.9 Å². The number of methoxy groups -OCH3 is 1. The third kappa shape index (κ3) is 3.96. The molecule has 0 radical (unpaired) electrons. The van der Waals surface area contributed by atoms with Crippen molar-refractivity contribution in [3.8, 4) is 11.5 Å². The summed E-state index contributed by atoms with van der Waals surface area (Å²) in [6.45, 7) is 0.568. The van der Waals surface area contributed by atoms with Gasteiger partial charge in [0.05, 0.1) is 6.61 Å². The van der Waals surface area contributed by atoms with Crippen LogP contribution in [0.1, 0.15) is 11.1 Å². The molecule has 0 heterocycles. The number of ether oxygens (including phenoxy) is 2. The van der Waals surface area contributed by atoms with E-state index >= 15 is 0 Å². The van der Waals surface area contributed by atoms with E-state index in [0.29, 0.717) is 11.6 Å². The summed E-state index contributed by atoms with van der Waals surface area (Å²) in [5.74, 6) is 1.54. The van der Waals surface area contributed by atoms with Crippen LogP contribution in [0.2, 0.25) is 5.02 Å². The molecule has 4 heteroatoms. The Bertz CT molecular complexity index is 558. The Kier molecular flexibility index (Phi) is 5.25. The van der Waals surface area contributed by atoms with E-state index < -0.39 is 0 Å². The zero-order valence-electron chi connectivity index (χ0n) is 10.5. The van der Waals surface area contributed by atoms with Crippen LogP contribution in [0.3, 0.4) is 0 Å². The number of alkyl halides is 1. The first-order valence-corrected chi connectivity index (χ1v) is 7.33. The molecule has 0 bridgehead atoms. The van der Waals surface area contributed by atoms with Crippen LogP contribution >= 0.6 is 27.5 Å². The Labute approximate surface area is 126 Å². The van der Waals surface area contributed by atoms with E-state index in [-0.39, 0.29) is 0 Å². The average Bonchev–Trinajstić information content (AvgIpc) is 2.40. The molecular weight excluding hydrogens is 328 g/mol. The first-order valence-electron chi connectivity index (χ1n) is 5.83. The highest BCUT2D eigenvalue weighted by Crippen LogP contribution is 2.30. The predicted molar refractivity (Wildman–Crippen MR) is 81.3 cm³/mol. The van der Waals surface area contributed by atoms with Gasteiger partial charge in [-0.25, -0.2) is 0 Å². The van der Waals surface area contributed by atoms with Gasteiger partial charge in [-0.2, -0.15) is 0 Å². The van der Waals surface area contributed by atoms with Gasteiger partial charge in [-0.1, -0.05) is 45.7 Å². The molecule has 0 atom stereocenters. The maximum absolute atomic E-state index is 6.01. The van der Waals surface area contributed by atoms with Crippen molar-refractivity contribution in [3.63, 3.8) is 0 Å². The fraction of sp³-hybridized carbons (Fsp3) is 0.200. The molecular formula is C15H14BrClO2. The second-order valence-corrected chi connectivity index (χ2v) is 5.07. The van der Waals surface area contributed by atoms with Crippen molar-refractivity contribution in [3.05, 3.63) is 58.6 Å². The lowest BCUT2D eigenvalue weighted by Gasteiger charge is -2.11. The minimum Gasteiger partial charge on any atom is -0.457 e. The molecule has 0 aliphatic rings. The summed E-state index contributed by atoms with van der Waals surface area (Å²) in [6.07, 6.45) is 0. The van der Waals surface area contributed by atoms with Crippen molar-refractivity contribution in [2.75, 3.05) is 7.11 Å². The van der Waals surface area contributed by atoms with Crippen molar-refractivity contribution < 1.29 is 9.47 Å². The topological polar surface area (TPSA) is 18.5 Å². The van der Waals surface area contributed by atoms with Gasteiger partial charge in [-0.05, 0) is 29.8 Å². The maximum Gasteiger partial charge on any atom is 0.132 e. The largest absolute Gasteiger partial charge is 0.457 e. The summed E-state index contributed by atoms with van der Waals surface area (Å²) in [5.41, 5.74) is 2.13. The quantitative estimate of drug-likeness (QED) is 0.698. The summed E-state index contributed by atoms with van der Waals surface area (Å²) in [6, 6.07) is 13.4. The number of benzene rings is 2. The lowest BCUT2D eigenvalue weighted by atomic mass is 10.2. The lowest BCUT2D eigenvalue weighted by Crippen LogP contribution is -1.92. The predicted octanol–water partition coefficient (Wildman–Crippen LogP) is 5.17. The Morgan fingerprint density at radius 1 is 1.16 bits per heavy atom. The first-order chi connectivity index (χ1) is 9.22. The highest BCUT2D eigenvalue weighted by molar-refractivity contribution is 9.08. The van der Waals surface area contributed by atoms with Crippen LogP contribution in [-0.2, 0) is 16.7 Å². The van der Waals surface area contributed by atoms with Crippen LogP contribution in [0.4, 0.5) is 0 Å². The van der Waals surface area contributed by atoms with E-state index in [2.05, 4.69) is 15.9 Å². The van der Waals surface area contributed by atoms with Gasteiger partial charge in [-0.3, -0.25) is 0 Å². The maximum atomic E-state index is 6.01. The minimum atomic E-state index is 0.568. The van der Waals surface area contributed by atoms with Crippen LogP contribution in [0.5, 0.6) is 11.5 Å². The van der Waals surface area contributed by atoms with Crippen LogP contribution in [-0.4, -0.2) is 7.11 Å². The molecule has 2 aromatic carbocycles. The molecule has 0 spiro atoms. The van der Waals surface area contributed by atoms with Gasteiger partial charge in [0.15, 0.2) is 0 Å². The minimum absolute atomic E-state index is 0.568. The summed E-state index contributed by atoms with van der Waals surface area (Å²) < 4.78 is 11.0. The highest BCUT2D eigenvalue weighted by Gasteiger charge is 2.06. The summed E-state index contributed by atoms with van der Waals surface area (Å²) in [5, 5.41) is 1.38. The monoisotopic (exact) mass is 340 g/mol. The van der Waals surface area contributed by atoms with E-state index in [1.807, 2.05) is 42.5 Å². The Hall–Kier alpha value is -1.03. The fourth-order valence-electron chi connectivity index (χ4n) is 1.73. The van der Waals surface area contributed by atoms with E-state index in [1.165, 1.54) is 0 Å². The van der Waals surface area contributed by atoms with Gasteiger partial charge in [0, 0.05) is 23.0 Å². The first kappa shape index (κ1) is 14.4. The number of halogens is 2. The molecule has 0 saturated carbocycles. The average molecular weight is 342 g/mol. The van der Waals surface area contributed by atoms with E-state index in [1.54, 1.807) is 7.11 Å². The SMILES string of the molecule is COCc1cccc(Oc2cc(Cl)ccc2CBr)c1. The summed E-state index contributed by atoms with van der Waals surface area (Å²) in [4.78, 5) is 0. The molecule has 0 N–H and O–H groups in total. The number of rotatable bonds is 5. The van der Waals surface area contributed by atoms with Crippen LogP contribution in [0, 0.1) is 0 Å². The molecule has 2 rings (SSSR count). The van der Waals surface area contributed by atoms with Gasteiger partial charge >= 0.3 is 0 Å². The molecule has 0 saturated heterocycles. The molecule has 0 aliphatic carbocycles. The molecule has 0 aromatic heterocycles. The number of hydrogen-bond acceptors (Lipinski definition) is 2. The standard InChI is InChI=1S/C15H14BrClO2/c1-18-10-11-3-2-4-14(7-11)19-15-8-13(17)6-5-12(15)9-16/h2-8H,9-10H2,1H3. The summed E-state index contributed by atoms with van der Waals surface area (Å²) in [7, 11) is 1.67. The van der Waals surface area contributed by atoms with Crippen molar-refractivity contribution in [1.82, 2.24) is 0 Å².